The molecule has 11 heteroatoms. The Kier molecular flexibility index (Phi) is 6.86. The van der Waals surface area contributed by atoms with Gasteiger partial charge < -0.3 is 15.6 Å². The first-order valence-corrected chi connectivity index (χ1v) is 11.1. The number of carbonyl (C=O) groups is 1. The Morgan fingerprint density at radius 3 is 2.67 bits per heavy atom. The highest BCUT2D eigenvalue weighted by molar-refractivity contribution is 6.33. The fourth-order valence-electron chi connectivity index (χ4n) is 4.19. The normalized spacial score (nSPS) is 21.5. The molecule has 3 heterocycles. The largest absolute Gasteiger partial charge is 0.417 e. The third-order valence-corrected chi connectivity index (χ3v) is 6.50. The van der Waals surface area contributed by atoms with Gasteiger partial charge in [-0.2, -0.15) is 13.2 Å². The number of halogens is 5. The average molecular weight is 500 g/mol. The van der Waals surface area contributed by atoms with Crippen LogP contribution in [0.3, 0.4) is 0 Å². The van der Waals surface area contributed by atoms with Crippen molar-refractivity contribution >= 4 is 34.8 Å². The molecule has 1 saturated heterocycles. The first-order chi connectivity index (χ1) is 15.6. The van der Waals surface area contributed by atoms with Crippen molar-refractivity contribution in [3.05, 3.63) is 69.0 Å². The van der Waals surface area contributed by atoms with Crippen molar-refractivity contribution in [2.45, 2.75) is 24.6 Å². The van der Waals surface area contributed by atoms with Gasteiger partial charge in [0.25, 0.3) is 5.91 Å². The van der Waals surface area contributed by atoms with Crippen LogP contribution in [-0.2, 0) is 6.18 Å². The van der Waals surface area contributed by atoms with Crippen LogP contribution in [0.15, 0.2) is 41.6 Å². The average Bonchev–Trinajstić information content (AvgIpc) is 3.12. The predicted octanol–water partition coefficient (Wildman–Crippen LogP) is 3.99. The Morgan fingerprint density at radius 1 is 1.24 bits per heavy atom. The molecular weight excluding hydrogens is 478 g/mol. The fraction of sp³-hybridized carbons (Fsp3) is 0.364. The van der Waals surface area contributed by atoms with Gasteiger partial charge in [-0.15, -0.1) is 0 Å². The molecule has 0 unspecified atom stereocenters. The number of hydrazine groups is 1. The fourth-order valence-corrected chi connectivity index (χ4v) is 4.71. The van der Waals surface area contributed by atoms with Crippen LogP contribution in [0.1, 0.15) is 39.5 Å². The standard InChI is InChI=1S/C22H22Cl2F3N5O/c1-32-20(17(24)10-30-32)13-3-5-18(29-9-13)21(33)31-19-11-28-7-6-14(19)12-2-4-16(23)15(8-12)22(25,26)27/h2-5,8-9,14,19,28,30H,6-7,10-11H2,1H3,(H,31,33)/t14-,19+/m0/s1. The highest BCUT2D eigenvalue weighted by Crippen LogP contribution is 2.38. The molecule has 6 nitrogen and oxygen atoms in total. The van der Waals surface area contributed by atoms with E-state index in [1.807, 2.05) is 7.05 Å². The lowest BCUT2D eigenvalue weighted by molar-refractivity contribution is -0.137. The summed E-state index contributed by atoms with van der Waals surface area (Å²) in [6.45, 7) is 1.58. The van der Waals surface area contributed by atoms with E-state index in [9.17, 15) is 18.0 Å². The van der Waals surface area contributed by atoms with Crippen LogP contribution in [0.5, 0.6) is 0 Å². The van der Waals surface area contributed by atoms with Crippen LogP contribution < -0.4 is 16.1 Å². The number of aromatic nitrogens is 1. The lowest BCUT2D eigenvalue weighted by Crippen LogP contribution is -2.50. The lowest BCUT2D eigenvalue weighted by atomic mass is 9.85. The number of pyridine rings is 1. The summed E-state index contributed by atoms with van der Waals surface area (Å²) in [7, 11) is 1.84. The molecule has 0 spiro atoms. The number of rotatable bonds is 4. The van der Waals surface area contributed by atoms with Crippen LogP contribution in [0.25, 0.3) is 5.70 Å². The zero-order valence-electron chi connectivity index (χ0n) is 17.6. The van der Waals surface area contributed by atoms with Gasteiger partial charge in [-0.05, 0) is 42.8 Å². The minimum absolute atomic E-state index is 0.209. The van der Waals surface area contributed by atoms with Crippen molar-refractivity contribution < 1.29 is 18.0 Å². The molecule has 2 aliphatic heterocycles. The monoisotopic (exact) mass is 499 g/mol. The Labute approximate surface area is 199 Å². The summed E-state index contributed by atoms with van der Waals surface area (Å²) >= 11 is 12.0. The number of piperidine rings is 1. The minimum Gasteiger partial charge on any atom is -0.346 e. The number of carbonyl (C=O) groups excluding carboxylic acids is 1. The smallest absolute Gasteiger partial charge is 0.346 e. The van der Waals surface area contributed by atoms with Crippen LogP contribution in [0.4, 0.5) is 13.2 Å². The van der Waals surface area contributed by atoms with Gasteiger partial charge >= 0.3 is 6.18 Å². The summed E-state index contributed by atoms with van der Waals surface area (Å²) in [6.07, 6.45) is -2.41. The Bertz CT molecular complexity index is 1070. The topological polar surface area (TPSA) is 69.3 Å². The molecule has 1 amide bonds. The summed E-state index contributed by atoms with van der Waals surface area (Å²) < 4.78 is 40.0. The summed E-state index contributed by atoms with van der Waals surface area (Å²) in [5, 5.41) is 8.20. The number of nitrogens with one attached hydrogen (secondary N) is 3. The number of hydrogen-bond acceptors (Lipinski definition) is 5. The number of benzene rings is 1. The molecule has 0 radical (unpaired) electrons. The summed E-state index contributed by atoms with van der Waals surface area (Å²) in [6, 6.07) is 6.88. The predicted molar refractivity (Wildman–Crippen MR) is 121 cm³/mol. The molecule has 4 rings (SSSR count). The molecule has 1 fully saturated rings. The first-order valence-electron chi connectivity index (χ1n) is 10.4. The Balaban J connectivity index is 1.52. The molecular formula is C22H22Cl2F3N5O. The molecule has 2 aliphatic rings. The zero-order chi connectivity index (χ0) is 23.8. The Morgan fingerprint density at radius 2 is 2.03 bits per heavy atom. The van der Waals surface area contributed by atoms with E-state index >= 15 is 0 Å². The van der Waals surface area contributed by atoms with Gasteiger partial charge in [-0.25, -0.2) is 5.43 Å². The third-order valence-electron chi connectivity index (χ3n) is 5.86. The molecule has 176 valence electrons. The first kappa shape index (κ1) is 23.8. The van der Waals surface area contributed by atoms with E-state index in [1.165, 1.54) is 6.07 Å². The second-order valence-corrected chi connectivity index (χ2v) is 8.86. The van der Waals surface area contributed by atoms with E-state index in [2.05, 4.69) is 21.0 Å². The molecule has 2 atom stereocenters. The van der Waals surface area contributed by atoms with Crippen molar-refractivity contribution in [2.75, 3.05) is 26.7 Å². The molecule has 1 aromatic carbocycles. The number of alkyl halides is 3. The third kappa shape index (κ3) is 5.11. The van der Waals surface area contributed by atoms with Crippen LogP contribution in [0, 0.1) is 0 Å². The number of amides is 1. The van der Waals surface area contributed by atoms with Crippen molar-refractivity contribution in [1.82, 2.24) is 26.1 Å². The molecule has 2 aromatic rings. The summed E-state index contributed by atoms with van der Waals surface area (Å²) in [5.41, 5.74) is 4.46. The van der Waals surface area contributed by atoms with Crippen LogP contribution in [-0.4, -0.2) is 48.6 Å². The molecule has 1 aromatic heterocycles. The Hall–Kier alpha value is -2.33. The van der Waals surface area contributed by atoms with E-state index in [0.717, 1.165) is 17.3 Å². The maximum Gasteiger partial charge on any atom is 0.417 e. The minimum atomic E-state index is -4.55. The van der Waals surface area contributed by atoms with E-state index in [1.54, 1.807) is 29.4 Å². The molecule has 0 saturated carbocycles. The van der Waals surface area contributed by atoms with Crippen molar-refractivity contribution in [3.8, 4) is 0 Å². The quantitative estimate of drug-likeness (QED) is 0.593. The number of hydrogen-bond donors (Lipinski definition) is 3. The van der Waals surface area contributed by atoms with E-state index in [-0.39, 0.29) is 16.6 Å². The zero-order valence-corrected chi connectivity index (χ0v) is 19.2. The van der Waals surface area contributed by atoms with Crippen LogP contribution >= 0.6 is 23.2 Å². The van der Waals surface area contributed by atoms with Gasteiger partial charge in [0.1, 0.15) is 5.69 Å². The van der Waals surface area contributed by atoms with E-state index in [4.69, 9.17) is 23.2 Å². The van der Waals surface area contributed by atoms with Gasteiger partial charge in [0.2, 0.25) is 0 Å². The van der Waals surface area contributed by atoms with Crippen molar-refractivity contribution in [1.29, 1.82) is 0 Å². The molecule has 33 heavy (non-hydrogen) atoms. The second-order valence-electron chi connectivity index (χ2n) is 8.00. The molecule has 0 bridgehead atoms. The molecule has 0 aliphatic carbocycles. The lowest BCUT2D eigenvalue weighted by Gasteiger charge is -2.33. The second kappa shape index (κ2) is 9.50. The molecule has 3 N–H and O–H groups in total. The maximum atomic E-state index is 13.3. The van der Waals surface area contributed by atoms with Crippen LogP contribution in [0.2, 0.25) is 5.02 Å². The van der Waals surface area contributed by atoms with E-state index < -0.39 is 23.7 Å². The van der Waals surface area contributed by atoms with Gasteiger partial charge in [0.05, 0.1) is 27.9 Å². The van der Waals surface area contributed by atoms with Gasteiger partial charge in [-0.1, -0.05) is 29.3 Å². The SMILES string of the molecule is CN1NCC(Cl)=C1c1ccc(C(=O)N[C@@H]2CNCC[C@H]2c2ccc(Cl)c(C(F)(F)F)c2)nc1. The van der Waals surface area contributed by atoms with Gasteiger partial charge in [-0.3, -0.25) is 9.78 Å². The van der Waals surface area contributed by atoms with Gasteiger partial charge in [0, 0.05) is 37.3 Å². The highest BCUT2D eigenvalue weighted by Gasteiger charge is 2.35. The van der Waals surface area contributed by atoms with Crippen molar-refractivity contribution in [2.24, 2.45) is 0 Å². The maximum absolute atomic E-state index is 13.3. The summed E-state index contributed by atoms with van der Waals surface area (Å²) in [5.74, 6) is -0.696. The van der Waals surface area contributed by atoms with E-state index in [0.29, 0.717) is 36.7 Å². The van der Waals surface area contributed by atoms with Crippen molar-refractivity contribution in [3.63, 3.8) is 0 Å². The number of nitrogens with zero attached hydrogens (tertiary/aromatic N) is 2. The summed E-state index contributed by atoms with van der Waals surface area (Å²) in [4.78, 5) is 17.1. The van der Waals surface area contributed by atoms with Gasteiger partial charge in [0.15, 0.2) is 0 Å². The highest BCUT2D eigenvalue weighted by atomic mass is 35.5.